The lowest BCUT2D eigenvalue weighted by Crippen LogP contribution is -2.19. The Labute approximate surface area is 104 Å². The van der Waals surface area contributed by atoms with E-state index in [2.05, 4.69) is 20.7 Å². The van der Waals surface area contributed by atoms with Gasteiger partial charge in [0.25, 0.3) is 0 Å². The van der Waals surface area contributed by atoms with Gasteiger partial charge in [0.05, 0.1) is 18.0 Å². The van der Waals surface area contributed by atoms with E-state index in [1.54, 1.807) is 0 Å². The van der Waals surface area contributed by atoms with Crippen molar-refractivity contribution in [3.63, 3.8) is 0 Å². The summed E-state index contributed by atoms with van der Waals surface area (Å²) in [6.45, 7) is 3.37. The number of halogens is 1. The predicted molar refractivity (Wildman–Crippen MR) is 68.1 cm³/mol. The van der Waals surface area contributed by atoms with Crippen LogP contribution in [-0.4, -0.2) is 25.9 Å². The Morgan fingerprint density at radius 3 is 2.50 bits per heavy atom. The van der Waals surface area contributed by atoms with Crippen LogP contribution in [0.15, 0.2) is 16.6 Å². The second-order valence-electron chi connectivity index (χ2n) is 3.58. The van der Waals surface area contributed by atoms with Gasteiger partial charge < -0.3 is 5.11 Å². The highest BCUT2D eigenvalue weighted by atomic mass is 79.9. The summed E-state index contributed by atoms with van der Waals surface area (Å²) in [5.41, 5.74) is 2.42. The molecular formula is C10H14BrNO3S. The van der Waals surface area contributed by atoms with Crippen molar-refractivity contribution in [2.24, 2.45) is 0 Å². The van der Waals surface area contributed by atoms with Crippen molar-refractivity contribution in [2.45, 2.75) is 13.8 Å². The maximum absolute atomic E-state index is 11.5. The fourth-order valence-corrected chi connectivity index (χ4v) is 3.20. The third-order valence-corrected chi connectivity index (χ3v) is 3.91. The van der Waals surface area contributed by atoms with E-state index >= 15 is 0 Å². The number of aryl methyl sites for hydroxylation is 2. The summed E-state index contributed by atoms with van der Waals surface area (Å²) in [5.74, 6) is -0.299. The fraction of sp³-hybridized carbons (Fsp3) is 0.400. The number of rotatable bonds is 4. The van der Waals surface area contributed by atoms with Gasteiger partial charge in [0.1, 0.15) is 0 Å². The first-order chi connectivity index (χ1) is 7.35. The molecule has 0 amide bonds. The minimum absolute atomic E-state index is 0.299. The van der Waals surface area contributed by atoms with Gasteiger partial charge in [0.2, 0.25) is 10.0 Å². The molecule has 0 fully saturated rings. The van der Waals surface area contributed by atoms with E-state index < -0.39 is 16.6 Å². The molecule has 0 aromatic heterocycles. The SMILES string of the molecule is Cc1cc(C)c(NS(=O)(=O)CCO)c(Br)c1. The van der Waals surface area contributed by atoms with Crippen molar-refractivity contribution in [3.8, 4) is 0 Å². The van der Waals surface area contributed by atoms with Crippen molar-refractivity contribution in [1.82, 2.24) is 0 Å². The van der Waals surface area contributed by atoms with Crippen molar-refractivity contribution < 1.29 is 13.5 Å². The topological polar surface area (TPSA) is 66.4 Å². The van der Waals surface area contributed by atoms with Crippen LogP contribution in [0.2, 0.25) is 0 Å². The van der Waals surface area contributed by atoms with Crippen LogP contribution in [0.3, 0.4) is 0 Å². The molecule has 6 heteroatoms. The number of anilines is 1. The molecular weight excluding hydrogens is 294 g/mol. The van der Waals surface area contributed by atoms with Gasteiger partial charge >= 0.3 is 0 Å². The average molecular weight is 308 g/mol. The van der Waals surface area contributed by atoms with E-state index in [-0.39, 0.29) is 5.75 Å². The quantitative estimate of drug-likeness (QED) is 0.891. The molecule has 0 aliphatic heterocycles. The van der Waals surface area contributed by atoms with Crippen LogP contribution in [0.4, 0.5) is 5.69 Å². The van der Waals surface area contributed by atoms with Crippen molar-refractivity contribution in [1.29, 1.82) is 0 Å². The Hall–Kier alpha value is -0.590. The van der Waals surface area contributed by atoms with Crippen molar-refractivity contribution >= 4 is 31.6 Å². The van der Waals surface area contributed by atoms with Crippen LogP contribution >= 0.6 is 15.9 Å². The van der Waals surface area contributed by atoms with Gasteiger partial charge in [0.15, 0.2) is 0 Å². The summed E-state index contributed by atoms with van der Waals surface area (Å²) in [6, 6.07) is 3.73. The van der Waals surface area contributed by atoms with Gasteiger partial charge in [-0.15, -0.1) is 0 Å². The number of hydrogen-bond donors (Lipinski definition) is 2. The molecule has 90 valence electrons. The first-order valence-electron chi connectivity index (χ1n) is 4.74. The zero-order valence-electron chi connectivity index (χ0n) is 9.12. The summed E-state index contributed by atoms with van der Waals surface area (Å²) in [7, 11) is -3.47. The van der Waals surface area contributed by atoms with E-state index in [0.717, 1.165) is 11.1 Å². The molecule has 1 aromatic carbocycles. The summed E-state index contributed by atoms with van der Waals surface area (Å²) in [5, 5.41) is 8.63. The molecule has 0 saturated heterocycles. The van der Waals surface area contributed by atoms with Gasteiger partial charge in [-0.1, -0.05) is 6.07 Å². The van der Waals surface area contributed by atoms with Crippen molar-refractivity contribution in [2.75, 3.05) is 17.1 Å². The molecule has 0 saturated carbocycles. The Morgan fingerprint density at radius 2 is 2.00 bits per heavy atom. The molecule has 2 N–H and O–H groups in total. The Bertz CT molecular complexity index is 462. The number of aliphatic hydroxyl groups excluding tert-OH is 1. The largest absolute Gasteiger partial charge is 0.395 e. The van der Waals surface area contributed by atoms with E-state index in [0.29, 0.717) is 10.2 Å². The lowest BCUT2D eigenvalue weighted by Gasteiger charge is -2.12. The van der Waals surface area contributed by atoms with Crippen LogP contribution in [0.5, 0.6) is 0 Å². The van der Waals surface area contributed by atoms with Crippen LogP contribution in [0.25, 0.3) is 0 Å². The van der Waals surface area contributed by atoms with E-state index in [1.807, 2.05) is 26.0 Å². The van der Waals surface area contributed by atoms with Crippen LogP contribution in [0.1, 0.15) is 11.1 Å². The normalized spacial score (nSPS) is 11.5. The highest BCUT2D eigenvalue weighted by molar-refractivity contribution is 9.10. The summed E-state index contributed by atoms with van der Waals surface area (Å²) < 4.78 is 26.1. The second-order valence-corrected chi connectivity index (χ2v) is 6.28. The molecule has 0 heterocycles. The highest BCUT2D eigenvalue weighted by Crippen LogP contribution is 2.28. The molecule has 16 heavy (non-hydrogen) atoms. The summed E-state index contributed by atoms with van der Waals surface area (Å²) in [4.78, 5) is 0. The standard InChI is InChI=1S/C10H14BrNO3S/c1-7-5-8(2)10(9(11)6-7)12-16(14,15)4-3-13/h5-6,12-13H,3-4H2,1-2H3. The smallest absolute Gasteiger partial charge is 0.235 e. The molecule has 1 aromatic rings. The predicted octanol–water partition coefficient (Wildman–Crippen LogP) is 1.80. The molecule has 0 aliphatic rings. The van der Waals surface area contributed by atoms with Crippen LogP contribution in [0, 0.1) is 13.8 Å². The van der Waals surface area contributed by atoms with Crippen molar-refractivity contribution in [3.05, 3.63) is 27.7 Å². The van der Waals surface area contributed by atoms with Crippen LogP contribution < -0.4 is 4.72 Å². The maximum Gasteiger partial charge on any atom is 0.235 e. The third-order valence-electron chi connectivity index (χ3n) is 2.05. The van der Waals surface area contributed by atoms with E-state index in [9.17, 15) is 8.42 Å². The van der Waals surface area contributed by atoms with E-state index in [4.69, 9.17) is 5.11 Å². The summed E-state index contributed by atoms with van der Waals surface area (Å²) in [6.07, 6.45) is 0. The number of aliphatic hydroxyl groups is 1. The number of nitrogens with one attached hydrogen (secondary N) is 1. The molecule has 0 atom stereocenters. The lowest BCUT2D eigenvalue weighted by molar-refractivity contribution is 0.320. The van der Waals surface area contributed by atoms with Gasteiger partial charge in [-0.25, -0.2) is 8.42 Å². The number of hydrogen-bond acceptors (Lipinski definition) is 3. The average Bonchev–Trinajstić information content (AvgIpc) is 2.11. The fourth-order valence-electron chi connectivity index (χ4n) is 1.37. The molecule has 0 unspecified atom stereocenters. The maximum atomic E-state index is 11.5. The highest BCUT2D eigenvalue weighted by Gasteiger charge is 2.13. The molecule has 0 bridgehead atoms. The lowest BCUT2D eigenvalue weighted by atomic mass is 10.1. The number of sulfonamides is 1. The monoisotopic (exact) mass is 307 g/mol. The van der Waals surface area contributed by atoms with Gasteiger partial charge in [-0.3, -0.25) is 4.72 Å². The zero-order chi connectivity index (χ0) is 12.3. The third kappa shape index (κ3) is 3.47. The Balaban J connectivity index is 3.07. The van der Waals surface area contributed by atoms with Crippen LogP contribution in [-0.2, 0) is 10.0 Å². The Kier molecular flexibility index (Phi) is 4.35. The molecule has 4 nitrogen and oxygen atoms in total. The minimum atomic E-state index is -3.47. The first kappa shape index (κ1) is 13.5. The Morgan fingerprint density at radius 1 is 1.38 bits per heavy atom. The second kappa shape index (κ2) is 5.16. The van der Waals surface area contributed by atoms with Gasteiger partial charge in [0, 0.05) is 4.47 Å². The minimum Gasteiger partial charge on any atom is -0.395 e. The number of benzene rings is 1. The first-order valence-corrected chi connectivity index (χ1v) is 7.18. The van der Waals surface area contributed by atoms with Gasteiger partial charge in [-0.2, -0.15) is 0 Å². The summed E-state index contributed by atoms with van der Waals surface area (Å²) >= 11 is 3.31. The van der Waals surface area contributed by atoms with Gasteiger partial charge in [-0.05, 0) is 47.0 Å². The van der Waals surface area contributed by atoms with E-state index in [1.165, 1.54) is 0 Å². The molecule has 0 radical (unpaired) electrons. The zero-order valence-corrected chi connectivity index (χ0v) is 11.5. The molecule has 0 aliphatic carbocycles. The molecule has 0 spiro atoms. The molecule has 1 rings (SSSR count).